The number of hydrogen-bond donors (Lipinski definition) is 2. The van der Waals surface area contributed by atoms with Gasteiger partial charge in [-0.15, -0.1) is 0 Å². The highest BCUT2D eigenvalue weighted by atomic mass is 79.9. The minimum atomic E-state index is -0.445. The molecule has 118 valence electrons. The maximum absolute atomic E-state index is 12.2. The van der Waals surface area contributed by atoms with Crippen LogP contribution in [-0.2, 0) is 11.2 Å². The highest BCUT2D eigenvalue weighted by molar-refractivity contribution is 9.10. The van der Waals surface area contributed by atoms with E-state index >= 15 is 0 Å². The van der Waals surface area contributed by atoms with Gasteiger partial charge >= 0.3 is 0 Å². The molecular formula is C15H18BrN3O3. The van der Waals surface area contributed by atoms with Crippen LogP contribution in [0.2, 0.25) is 0 Å². The fourth-order valence-electron chi connectivity index (χ4n) is 3.42. The third-order valence-corrected chi connectivity index (χ3v) is 5.17. The van der Waals surface area contributed by atoms with Gasteiger partial charge in [0.25, 0.3) is 5.69 Å². The number of piperidine rings is 1. The van der Waals surface area contributed by atoms with Crippen molar-refractivity contribution in [3.05, 3.63) is 38.3 Å². The maximum atomic E-state index is 12.2. The summed E-state index contributed by atoms with van der Waals surface area (Å²) in [5, 5.41) is 17.4. The van der Waals surface area contributed by atoms with Crippen LogP contribution in [0.5, 0.6) is 0 Å². The second-order valence-electron chi connectivity index (χ2n) is 6.08. The molecule has 22 heavy (non-hydrogen) atoms. The van der Waals surface area contributed by atoms with Crippen molar-refractivity contribution in [2.24, 2.45) is 0 Å². The van der Waals surface area contributed by atoms with Crippen LogP contribution in [0, 0.1) is 10.1 Å². The normalized spacial score (nSPS) is 26.7. The molecule has 2 aliphatic rings. The molecule has 0 spiro atoms. The Morgan fingerprint density at radius 2 is 2.05 bits per heavy atom. The minimum Gasteiger partial charge on any atom is -0.353 e. The molecule has 2 fully saturated rings. The van der Waals surface area contributed by atoms with Crippen LogP contribution >= 0.6 is 15.9 Å². The molecule has 6 nitrogen and oxygen atoms in total. The lowest BCUT2D eigenvalue weighted by Crippen LogP contribution is -2.48. The zero-order valence-corrected chi connectivity index (χ0v) is 13.6. The Bertz CT molecular complexity index is 596. The van der Waals surface area contributed by atoms with Crippen LogP contribution in [0.4, 0.5) is 5.69 Å². The number of amides is 1. The summed E-state index contributed by atoms with van der Waals surface area (Å²) in [5.74, 6) is -0.0270. The smallest absolute Gasteiger partial charge is 0.270 e. The van der Waals surface area contributed by atoms with Crippen molar-refractivity contribution >= 4 is 27.5 Å². The van der Waals surface area contributed by atoms with E-state index in [4.69, 9.17) is 0 Å². The standard InChI is InChI=1S/C15H18BrN3O3/c16-14-8-13(19(21)22)4-1-9(14)5-15(20)18-12-6-10-2-3-11(7-12)17-10/h1,4,8,10-12,17H,2-3,5-7H2,(H,18,20). The largest absolute Gasteiger partial charge is 0.353 e. The molecule has 0 aromatic heterocycles. The van der Waals surface area contributed by atoms with Crippen LogP contribution < -0.4 is 10.6 Å². The summed E-state index contributed by atoms with van der Waals surface area (Å²) in [6.45, 7) is 0. The molecule has 2 bridgehead atoms. The van der Waals surface area contributed by atoms with Crippen molar-refractivity contribution in [3.63, 3.8) is 0 Å². The summed E-state index contributed by atoms with van der Waals surface area (Å²) in [6.07, 6.45) is 4.61. The first-order valence-corrected chi connectivity index (χ1v) is 8.29. The molecule has 2 heterocycles. The topological polar surface area (TPSA) is 84.3 Å². The fourth-order valence-corrected chi connectivity index (χ4v) is 3.93. The number of hydrogen-bond acceptors (Lipinski definition) is 4. The van der Waals surface area contributed by atoms with Gasteiger partial charge in [-0.05, 0) is 31.2 Å². The number of rotatable bonds is 4. The zero-order valence-electron chi connectivity index (χ0n) is 12.0. The van der Waals surface area contributed by atoms with Gasteiger partial charge in [0.2, 0.25) is 5.91 Å². The molecule has 3 rings (SSSR count). The zero-order chi connectivity index (χ0) is 15.7. The minimum absolute atomic E-state index is 0.0194. The second-order valence-corrected chi connectivity index (χ2v) is 6.94. The first-order chi connectivity index (χ1) is 10.5. The molecule has 1 amide bonds. The first-order valence-electron chi connectivity index (χ1n) is 7.49. The average molecular weight is 368 g/mol. The van der Waals surface area contributed by atoms with E-state index in [-0.39, 0.29) is 24.1 Å². The van der Waals surface area contributed by atoms with Crippen LogP contribution in [0.3, 0.4) is 0 Å². The van der Waals surface area contributed by atoms with Crippen molar-refractivity contribution in [1.29, 1.82) is 0 Å². The Labute approximate surface area is 136 Å². The molecule has 1 aromatic rings. The Morgan fingerprint density at radius 3 is 2.64 bits per heavy atom. The molecular weight excluding hydrogens is 350 g/mol. The summed E-state index contributed by atoms with van der Waals surface area (Å²) in [7, 11) is 0. The molecule has 0 radical (unpaired) electrons. The van der Waals surface area contributed by atoms with Crippen molar-refractivity contribution in [2.75, 3.05) is 0 Å². The highest BCUT2D eigenvalue weighted by Gasteiger charge is 2.33. The van der Waals surface area contributed by atoms with E-state index in [9.17, 15) is 14.9 Å². The van der Waals surface area contributed by atoms with E-state index in [2.05, 4.69) is 26.6 Å². The summed E-state index contributed by atoms with van der Waals surface area (Å²) in [5.41, 5.74) is 0.783. The van der Waals surface area contributed by atoms with Crippen molar-refractivity contribution in [3.8, 4) is 0 Å². The van der Waals surface area contributed by atoms with Gasteiger partial charge in [-0.1, -0.05) is 22.0 Å². The molecule has 2 N–H and O–H groups in total. The highest BCUT2D eigenvalue weighted by Crippen LogP contribution is 2.27. The predicted molar refractivity (Wildman–Crippen MR) is 85.6 cm³/mol. The van der Waals surface area contributed by atoms with E-state index in [1.165, 1.54) is 25.0 Å². The van der Waals surface area contributed by atoms with E-state index in [1.54, 1.807) is 6.07 Å². The molecule has 7 heteroatoms. The summed E-state index contributed by atoms with van der Waals surface area (Å²) < 4.78 is 0.599. The number of nitro groups is 1. The summed E-state index contributed by atoms with van der Waals surface area (Å²) in [6, 6.07) is 5.81. The number of carbonyl (C=O) groups is 1. The second kappa shape index (κ2) is 6.34. The van der Waals surface area contributed by atoms with Gasteiger partial charge in [0.15, 0.2) is 0 Å². The number of fused-ring (bicyclic) bond motifs is 2. The Morgan fingerprint density at radius 1 is 1.36 bits per heavy atom. The van der Waals surface area contributed by atoms with Gasteiger partial charge in [-0.25, -0.2) is 0 Å². The van der Waals surface area contributed by atoms with Crippen molar-refractivity contribution < 1.29 is 9.72 Å². The number of nitro benzene ring substituents is 1. The molecule has 2 atom stereocenters. The summed E-state index contributed by atoms with van der Waals surface area (Å²) >= 11 is 3.30. The molecule has 0 aliphatic carbocycles. The molecule has 2 aliphatic heterocycles. The lowest BCUT2D eigenvalue weighted by atomic mass is 9.99. The number of carbonyl (C=O) groups excluding carboxylic acids is 1. The molecule has 1 aromatic carbocycles. The average Bonchev–Trinajstić information content (AvgIpc) is 2.80. The third-order valence-electron chi connectivity index (χ3n) is 4.44. The SMILES string of the molecule is O=C(Cc1ccc([N+](=O)[O-])cc1Br)NC1CC2CCC(C1)N2. The van der Waals surface area contributed by atoms with Crippen molar-refractivity contribution in [1.82, 2.24) is 10.6 Å². The maximum Gasteiger partial charge on any atom is 0.270 e. The van der Waals surface area contributed by atoms with E-state index in [0.29, 0.717) is 16.6 Å². The number of non-ortho nitro benzene ring substituents is 1. The monoisotopic (exact) mass is 367 g/mol. The van der Waals surface area contributed by atoms with Crippen LogP contribution in [0.15, 0.2) is 22.7 Å². The lowest BCUT2D eigenvalue weighted by molar-refractivity contribution is -0.384. The lowest BCUT2D eigenvalue weighted by Gasteiger charge is -2.29. The first kappa shape index (κ1) is 15.4. The number of nitrogens with zero attached hydrogens (tertiary/aromatic N) is 1. The van der Waals surface area contributed by atoms with Crippen LogP contribution in [0.1, 0.15) is 31.2 Å². The number of nitrogens with one attached hydrogen (secondary N) is 2. The Kier molecular flexibility index (Phi) is 4.44. The van der Waals surface area contributed by atoms with Gasteiger partial charge in [-0.2, -0.15) is 0 Å². The Balaban J connectivity index is 1.59. The molecule has 2 saturated heterocycles. The number of halogens is 1. The fraction of sp³-hybridized carbons (Fsp3) is 0.533. The van der Waals surface area contributed by atoms with Crippen LogP contribution in [-0.4, -0.2) is 29.0 Å². The van der Waals surface area contributed by atoms with Gasteiger partial charge in [-0.3, -0.25) is 14.9 Å². The van der Waals surface area contributed by atoms with Crippen molar-refractivity contribution in [2.45, 2.75) is 50.2 Å². The Hall–Kier alpha value is -1.47. The quantitative estimate of drug-likeness (QED) is 0.631. The van der Waals surface area contributed by atoms with Crippen LogP contribution in [0.25, 0.3) is 0 Å². The molecule has 0 saturated carbocycles. The molecule has 2 unspecified atom stereocenters. The van der Waals surface area contributed by atoms with Gasteiger partial charge in [0, 0.05) is 34.7 Å². The van der Waals surface area contributed by atoms with E-state index in [0.717, 1.165) is 18.4 Å². The van der Waals surface area contributed by atoms with Gasteiger partial charge in [0.1, 0.15) is 0 Å². The van der Waals surface area contributed by atoms with Gasteiger partial charge in [0.05, 0.1) is 11.3 Å². The van der Waals surface area contributed by atoms with Gasteiger partial charge < -0.3 is 10.6 Å². The predicted octanol–water partition coefficient (Wildman–Crippen LogP) is 2.30. The van der Waals surface area contributed by atoms with E-state index < -0.39 is 4.92 Å². The third kappa shape index (κ3) is 3.47. The van der Waals surface area contributed by atoms with E-state index in [1.807, 2.05) is 0 Å². The number of benzene rings is 1. The summed E-state index contributed by atoms with van der Waals surface area (Å²) in [4.78, 5) is 22.5.